The molecule has 2 aromatic carbocycles. The molecule has 1 saturated carbocycles. The number of rotatable bonds is 4. The number of aryl methyl sites for hydroxylation is 1. The lowest BCUT2D eigenvalue weighted by molar-refractivity contribution is -0.348. The zero-order valence-corrected chi connectivity index (χ0v) is 25.1. The van der Waals surface area contributed by atoms with Gasteiger partial charge in [-0.2, -0.15) is 26.3 Å². The molecular weight excluding hydrogens is 666 g/mol. The molecule has 2 aliphatic carbocycles. The summed E-state index contributed by atoms with van der Waals surface area (Å²) in [5, 5.41) is 4.76. The molecule has 17 heteroatoms. The molecule has 254 valence electrons. The summed E-state index contributed by atoms with van der Waals surface area (Å²) in [5.74, 6) is -2.42. The fraction of sp³-hybridized carbons (Fsp3) is 0.500. The lowest BCUT2D eigenvalue weighted by atomic mass is 9.75. The molecule has 4 aliphatic rings. The van der Waals surface area contributed by atoms with Gasteiger partial charge in [0.25, 0.3) is 5.91 Å². The number of carbonyl (C=O) groups excluding carboxylic acids is 3. The maximum Gasteiger partial charge on any atom is 0.435 e. The molecule has 0 aromatic heterocycles. The Morgan fingerprint density at radius 2 is 1.49 bits per heavy atom. The molecule has 6 rings (SSSR count). The summed E-state index contributed by atoms with van der Waals surface area (Å²) >= 11 is 0. The number of urea groups is 1. The average molecular weight is 694 g/mol. The standard InChI is InChI=1S/C30H27F8N3O5S/c31-19-3-5-20(6-4-19)47(45,46)27-13-14-41(23(42)16-9-11-26(12-10-16)24(43)39-25(44)40-26)22(27)8-1-17-15-18(2-7-21(17)27)28(32,29(33,34)35)30(36,37)38/h2-7,15-16,22H,1,8-14H2,(H2,39,40,43,44)/t16?,22-,26?,27-/m1/s1. The van der Waals surface area contributed by atoms with Gasteiger partial charge in [-0.1, -0.05) is 18.2 Å². The highest BCUT2D eigenvalue weighted by Gasteiger charge is 2.74. The molecule has 0 radical (unpaired) electrons. The minimum Gasteiger partial charge on any atom is -0.337 e. The zero-order valence-electron chi connectivity index (χ0n) is 24.3. The highest BCUT2D eigenvalue weighted by Crippen LogP contribution is 2.57. The topological polar surface area (TPSA) is 113 Å². The first-order valence-corrected chi connectivity index (χ1v) is 16.2. The SMILES string of the molecule is O=C1NC(=O)C2(CCC(C(=O)N3CC[C@@]4(S(=O)(=O)c5ccc(F)cc5)c5ccc(C(F)(C(F)(F)F)C(F)(F)F)cc5CC[C@@H]34)CC2)N1. The van der Waals surface area contributed by atoms with E-state index in [0.717, 1.165) is 30.3 Å². The van der Waals surface area contributed by atoms with Crippen LogP contribution in [0.25, 0.3) is 0 Å². The molecule has 2 N–H and O–H groups in total. The van der Waals surface area contributed by atoms with Gasteiger partial charge in [0.1, 0.15) is 16.1 Å². The first-order valence-electron chi connectivity index (χ1n) is 14.7. The van der Waals surface area contributed by atoms with Crippen molar-refractivity contribution in [1.29, 1.82) is 0 Å². The van der Waals surface area contributed by atoms with E-state index in [4.69, 9.17) is 0 Å². The number of nitrogens with one attached hydrogen (secondary N) is 2. The number of hydrogen-bond donors (Lipinski definition) is 2. The molecule has 4 amide bonds. The number of imide groups is 1. The zero-order chi connectivity index (χ0) is 34.4. The van der Waals surface area contributed by atoms with Crippen molar-refractivity contribution in [3.8, 4) is 0 Å². The minimum atomic E-state index is -6.38. The Bertz CT molecular complexity index is 1740. The smallest absolute Gasteiger partial charge is 0.337 e. The van der Waals surface area contributed by atoms with Crippen molar-refractivity contribution in [2.75, 3.05) is 6.54 Å². The average Bonchev–Trinajstić information content (AvgIpc) is 3.53. The van der Waals surface area contributed by atoms with Gasteiger partial charge in [-0.05, 0) is 80.3 Å². The van der Waals surface area contributed by atoms with Crippen LogP contribution in [0.15, 0.2) is 47.4 Å². The molecule has 47 heavy (non-hydrogen) atoms. The van der Waals surface area contributed by atoms with Gasteiger partial charge in [0.2, 0.25) is 5.91 Å². The van der Waals surface area contributed by atoms with Gasteiger partial charge in [0.15, 0.2) is 9.84 Å². The van der Waals surface area contributed by atoms with E-state index in [1.54, 1.807) is 0 Å². The van der Waals surface area contributed by atoms with E-state index in [0.29, 0.717) is 6.07 Å². The normalized spacial score (nSPS) is 28.1. The van der Waals surface area contributed by atoms with Crippen LogP contribution in [0, 0.1) is 11.7 Å². The summed E-state index contributed by atoms with van der Waals surface area (Å²) in [7, 11) is -4.62. The Labute approximate surface area is 262 Å². The number of carbonyl (C=O) groups is 3. The first-order chi connectivity index (χ1) is 21.8. The fourth-order valence-electron chi connectivity index (χ4n) is 7.79. The molecule has 2 aromatic rings. The second kappa shape index (κ2) is 10.6. The molecule has 1 spiro atoms. The van der Waals surface area contributed by atoms with E-state index in [-0.39, 0.29) is 73.6 Å². The lowest BCUT2D eigenvalue weighted by Gasteiger charge is -2.44. The van der Waals surface area contributed by atoms with E-state index in [2.05, 4.69) is 10.6 Å². The molecule has 3 fully saturated rings. The Hall–Kier alpha value is -3.76. The summed E-state index contributed by atoms with van der Waals surface area (Å²) in [6.45, 7) is -0.151. The predicted octanol–water partition coefficient (Wildman–Crippen LogP) is 5.10. The lowest BCUT2D eigenvalue weighted by Crippen LogP contribution is -2.55. The molecular formula is C30H27F8N3O5S. The summed E-state index contributed by atoms with van der Waals surface area (Å²) in [4.78, 5) is 39.0. The Morgan fingerprint density at radius 1 is 0.872 bits per heavy atom. The fourth-order valence-corrected chi connectivity index (χ4v) is 10.2. The van der Waals surface area contributed by atoms with Crippen LogP contribution < -0.4 is 10.6 Å². The maximum atomic E-state index is 15.0. The minimum absolute atomic E-state index is 0.132. The van der Waals surface area contributed by atoms with Crippen molar-refractivity contribution < 1.29 is 57.9 Å². The van der Waals surface area contributed by atoms with Crippen molar-refractivity contribution in [3.05, 3.63) is 65.0 Å². The number of hydrogen-bond acceptors (Lipinski definition) is 5. The first kappa shape index (κ1) is 33.2. The van der Waals surface area contributed by atoms with Crippen LogP contribution in [0.1, 0.15) is 55.2 Å². The monoisotopic (exact) mass is 693 g/mol. The number of nitrogens with zero attached hydrogens (tertiary/aromatic N) is 1. The van der Waals surface area contributed by atoms with Gasteiger partial charge < -0.3 is 10.2 Å². The van der Waals surface area contributed by atoms with Crippen molar-refractivity contribution in [1.82, 2.24) is 15.5 Å². The third-order valence-corrected chi connectivity index (χ3v) is 12.7. The highest BCUT2D eigenvalue weighted by molar-refractivity contribution is 7.92. The highest BCUT2D eigenvalue weighted by atomic mass is 32.2. The van der Waals surface area contributed by atoms with Crippen LogP contribution in [0.2, 0.25) is 0 Å². The molecule has 0 bridgehead atoms. The van der Waals surface area contributed by atoms with Gasteiger partial charge in [-0.15, -0.1) is 0 Å². The molecule has 0 unspecified atom stereocenters. The molecule has 8 nitrogen and oxygen atoms in total. The van der Waals surface area contributed by atoms with Crippen molar-refractivity contribution in [3.63, 3.8) is 0 Å². The van der Waals surface area contributed by atoms with Gasteiger partial charge >= 0.3 is 24.1 Å². The van der Waals surface area contributed by atoms with E-state index < -0.39 is 79.3 Å². The second-order valence-electron chi connectivity index (χ2n) is 12.5. The van der Waals surface area contributed by atoms with Crippen LogP contribution in [0.4, 0.5) is 39.9 Å². The quantitative estimate of drug-likeness (QED) is 0.263. The number of amides is 4. The van der Waals surface area contributed by atoms with E-state index >= 15 is 4.39 Å². The van der Waals surface area contributed by atoms with Crippen molar-refractivity contribution in [2.45, 2.75) is 84.2 Å². The van der Waals surface area contributed by atoms with Gasteiger partial charge in [0, 0.05) is 18.0 Å². The maximum absolute atomic E-state index is 15.0. The van der Waals surface area contributed by atoms with Crippen LogP contribution in [-0.2, 0) is 36.3 Å². The van der Waals surface area contributed by atoms with Crippen LogP contribution in [-0.4, -0.2) is 61.6 Å². The largest absolute Gasteiger partial charge is 0.435 e. The molecule has 2 saturated heterocycles. The molecule has 2 atom stereocenters. The van der Waals surface area contributed by atoms with Crippen LogP contribution in [0.3, 0.4) is 0 Å². The molecule has 2 heterocycles. The number of fused-ring (bicyclic) bond motifs is 3. The second-order valence-corrected chi connectivity index (χ2v) is 14.7. The Kier molecular flexibility index (Phi) is 7.49. The third kappa shape index (κ3) is 4.73. The summed E-state index contributed by atoms with van der Waals surface area (Å²) < 4.78 is 137. The van der Waals surface area contributed by atoms with Crippen LogP contribution in [0.5, 0.6) is 0 Å². The summed E-state index contributed by atoms with van der Waals surface area (Å²) in [6.07, 6.45) is -12.9. The van der Waals surface area contributed by atoms with Crippen molar-refractivity contribution >= 4 is 27.7 Å². The predicted molar refractivity (Wildman–Crippen MR) is 146 cm³/mol. The number of benzene rings is 2. The summed E-state index contributed by atoms with van der Waals surface area (Å²) in [6, 6.07) is 3.34. The van der Waals surface area contributed by atoms with E-state index in [1.165, 1.54) is 4.90 Å². The van der Waals surface area contributed by atoms with Gasteiger partial charge in [-0.25, -0.2) is 22.0 Å². The number of likely N-dealkylation sites (tertiary alicyclic amines) is 1. The molecule has 2 aliphatic heterocycles. The Morgan fingerprint density at radius 3 is 2.04 bits per heavy atom. The Balaban J connectivity index is 1.41. The van der Waals surface area contributed by atoms with Gasteiger partial charge in [-0.3, -0.25) is 14.9 Å². The van der Waals surface area contributed by atoms with Gasteiger partial charge in [0.05, 0.1) is 10.9 Å². The number of sulfone groups is 1. The van der Waals surface area contributed by atoms with Crippen LogP contribution >= 0.6 is 0 Å². The van der Waals surface area contributed by atoms with Crippen molar-refractivity contribution in [2.24, 2.45) is 5.92 Å². The van der Waals surface area contributed by atoms with E-state index in [1.807, 2.05) is 0 Å². The third-order valence-electron chi connectivity index (χ3n) is 10.2. The van der Waals surface area contributed by atoms with E-state index in [9.17, 15) is 53.5 Å². The summed E-state index contributed by atoms with van der Waals surface area (Å²) in [5.41, 5.74) is -9.09. The number of alkyl halides is 7. The number of halogens is 8.